The van der Waals surface area contributed by atoms with Crippen molar-refractivity contribution in [1.29, 1.82) is 0 Å². The zero-order valence-electron chi connectivity index (χ0n) is 7.02. The fourth-order valence-corrected chi connectivity index (χ4v) is 1.36. The molecule has 1 fully saturated rings. The number of nitrogens with zero attached hydrogens (tertiary/aromatic N) is 1. The Morgan fingerprint density at radius 1 is 1.70 bits per heavy atom. The summed E-state index contributed by atoms with van der Waals surface area (Å²) in [7, 11) is 0. The summed E-state index contributed by atoms with van der Waals surface area (Å²) in [5.41, 5.74) is 1.38. The Labute approximate surface area is 62.9 Å². The molecule has 0 radical (unpaired) electrons. The first-order chi connectivity index (χ1) is 4.58. The molecule has 0 amide bonds. The molecule has 0 aromatic rings. The van der Waals surface area contributed by atoms with Crippen LogP contribution in [0.15, 0.2) is 17.6 Å². The van der Waals surface area contributed by atoms with Crippen molar-refractivity contribution in [2.75, 3.05) is 0 Å². The topological polar surface area (TPSA) is 12.4 Å². The molecule has 0 saturated heterocycles. The maximum atomic E-state index is 4.52. The summed E-state index contributed by atoms with van der Waals surface area (Å²) in [6.45, 7) is 10.0. The summed E-state index contributed by atoms with van der Waals surface area (Å²) in [5.74, 6) is 0.627. The first-order valence-electron chi connectivity index (χ1n) is 3.74. The second kappa shape index (κ2) is 2.22. The zero-order chi connectivity index (χ0) is 7.78. The minimum absolute atomic E-state index is 0.209. The van der Waals surface area contributed by atoms with Crippen LogP contribution in [0.4, 0.5) is 0 Å². The van der Waals surface area contributed by atoms with E-state index < -0.39 is 0 Å². The van der Waals surface area contributed by atoms with Crippen LogP contribution >= 0.6 is 0 Å². The maximum absolute atomic E-state index is 4.52. The van der Waals surface area contributed by atoms with Crippen LogP contribution in [0, 0.1) is 5.92 Å². The largest absolute Gasteiger partial charge is 0.288 e. The van der Waals surface area contributed by atoms with E-state index in [1.54, 1.807) is 0 Å². The van der Waals surface area contributed by atoms with Crippen LogP contribution in [0.1, 0.15) is 27.2 Å². The van der Waals surface area contributed by atoms with E-state index in [0.717, 1.165) is 0 Å². The van der Waals surface area contributed by atoms with Crippen molar-refractivity contribution < 1.29 is 0 Å². The molecule has 10 heavy (non-hydrogen) atoms. The summed E-state index contributed by atoms with van der Waals surface area (Å²) in [5, 5.41) is 0. The Morgan fingerprint density at radius 3 is 2.60 bits per heavy atom. The summed E-state index contributed by atoms with van der Waals surface area (Å²) >= 11 is 0. The lowest BCUT2D eigenvalue weighted by Gasteiger charge is -2.02. The van der Waals surface area contributed by atoms with E-state index in [9.17, 15) is 0 Å². The highest BCUT2D eigenvalue weighted by Gasteiger charge is 2.47. The molecule has 1 aliphatic carbocycles. The van der Waals surface area contributed by atoms with Gasteiger partial charge in [0.2, 0.25) is 0 Å². The predicted octanol–water partition coefficient (Wildman–Crippen LogP) is 2.43. The third kappa shape index (κ3) is 1.28. The first kappa shape index (κ1) is 7.52. The molecule has 1 heteroatoms. The fraction of sp³-hybridized carbons (Fsp3) is 0.667. The smallest absolute Gasteiger partial charge is 0.0648 e. The van der Waals surface area contributed by atoms with Gasteiger partial charge in [-0.25, -0.2) is 0 Å². The number of hydrogen-bond donors (Lipinski definition) is 0. The summed E-state index contributed by atoms with van der Waals surface area (Å²) in [6.07, 6.45) is 3.19. The van der Waals surface area contributed by atoms with E-state index in [-0.39, 0.29) is 5.54 Å². The second-order valence-electron chi connectivity index (χ2n) is 3.46. The third-order valence-electron chi connectivity index (χ3n) is 2.04. The lowest BCUT2D eigenvalue weighted by atomic mass is 10.2. The summed E-state index contributed by atoms with van der Waals surface area (Å²) in [4.78, 5) is 4.52. The van der Waals surface area contributed by atoms with Gasteiger partial charge in [-0.15, -0.1) is 6.58 Å². The van der Waals surface area contributed by atoms with Crippen LogP contribution in [-0.2, 0) is 0 Å². The Kier molecular flexibility index (Phi) is 1.67. The van der Waals surface area contributed by atoms with Crippen molar-refractivity contribution in [2.24, 2.45) is 10.9 Å². The van der Waals surface area contributed by atoms with Crippen molar-refractivity contribution >= 4 is 5.71 Å². The molecule has 2 atom stereocenters. The van der Waals surface area contributed by atoms with Crippen LogP contribution in [-0.4, -0.2) is 11.3 Å². The highest BCUT2D eigenvalue weighted by atomic mass is 14.9. The van der Waals surface area contributed by atoms with Gasteiger partial charge in [0.15, 0.2) is 0 Å². The van der Waals surface area contributed by atoms with Crippen LogP contribution < -0.4 is 0 Å². The van der Waals surface area contributed by atoms with Crippen molar-refractivity contribution in [3.05, 3.63) is 12.7 Å². The van der Waals surface area contributed by atoms with Crippen LogP contribution in [0.2, 0.25) is 0 Å². The molecule has 1 aliphatic rings. The van der Waals surface area contributed by atoms with Gasteiger partial charge in [-0.05, 0) is 27.2 Å². The average Bonchev–Trinajstić information content (AvgIpc) is 2.39. The van der Waals surface area contributed by atoms with Crippen molar-refractivity contribution in [1.82, 2.24) is 0 Å². The average molecular weight is 137 g/mol. The van der Waals surface area contributed by atoms with Gasteiger partial charge in [-0.2, -0.15) is 0 Å². The molecule has 56 valence electrons. The SMILES string of the molecule is C=CC1CC1(C)N=C(C)C. The molecular formula is C9H15N. The number of hydrogen-bond acceptors (Lipinski definition) is 1. The van der Waals surface area contributed by atoms with E-state index in [2.05, 4.69) is 18.5 Å². The van der Waals surface area contributed by atoms with E-state index in [1.165, 1.54) is 12.1 Å². The molecule has 0 aliphatic heterocycles. The van der Waals surface area contributed by atoms with Gasteiger partial charge < -0.3 is 0 Å². The van der Waals surface area contributed by atoms with Crippen molar-refractivity contribution in [2.45, 2.75) is 32.7 Å². The van der Waals surface area contributed by atoms with Crippen molar-refractivity contribution in [3.8, 4) is 0 Å². The molecular weight excluding hydrogens is 122 g/mol. The van der Waals surface area contributed by atoms with Crippen LogP contribution in [0.3, 0.4) is 0 Å². The Balaban J connectivity index is 2.59. The summed E-state index contributed by atoms with van der Waals surface area (Å²) in [6, 6.07) is 0. The lowest BCUT2D eigenvalue weighted by Crippen LogP contribution is -2.02. The molecule has 1 saturated carbocycles. The van der Waals surface area contributed by atoms with Crippen LogP contribution in [0.25, 0.3) is 0 Å². The highest BCUT2D eigenvalue weighted by molar-refractivity contribution is 5.79. The number of rotatable bonds is 2. The molecule has 0 N–H and O–H groups in total. The number of aliphatic imine (C=N–C) groups is 1. The monoisotopic (exact) mass is 137 g/mol. The normalized spacial score (nSPS) is 36.9. The Bertz CT molecular complexity index is 177. The molecule has 2 unspecified atom stereocenters. The van der Waals surface area contributed by atoms with Gasteiger partial charge in [-0.1, -0.05) is 6.08 Å². The molecule has 0 aromatic heterocycles. The van der Waals surface area contributed by atoms with E-state index in [4.69, 9.17) is 0 Å². The third-order valence-corrected chi connectivity index (χ3v) is 2.04. The van der Waals surface area contributed by atoms with Gasteiger partial charge in [0, 0.05) is 11.6 Å². The minimum atomic E-state index is 0.209. The van der Waals surface area contributed by atoms with E-state index >= 15 is 0 Å². The molecule has 0 heterocycles. The predicted molar refractivity (Wildman–Crippen MR) is 45.5 cm³/mol. The minimum Gasteiger partial charge on any atom is -0.288 e. The molecule has 1 rings (SSSR count). The molecule has 0 aromatic carbocycles. The van der Waals surface area contributed by atoms with E-state index in [0.29, 0.717) is 5.92 Å². The maximum Gasteiger partial charge on any atom is 0.0648 e. The quantitative estimate of drug-likeness (QED) is 0.409. The van der Waals surface area contributed by atoms with Gasteiger partial charge in [-0.3, -0.25) is 4.99 Å². The van der Waals surface area contributed by atoms with Gasteiger partial charge in [0.05, 0.1) is 5.54 Å². The Hall–Kier alpha value is -0.590. The lowest BCUT2D eigenvalue weighted by molar-refractivity contribution is 0.718. The van der Waals surface area contributed by atoms with E-state index in [1.807, 2.05) is 19.9 Å². The highest BCUT2D eigenvalue weighted by Crippen LogP contribution is 2.47. The Morgan fingerprint density at radius 2 is 2.30 bits per heavy atom. The van der Waals surface area contributed by atoms with Crippen LogP contribution in [0.5, 0.6) is 0 Å². The summed E-state index contributed by atoms with van der Waals surface area (Å²) < 4.78 is 0. The standard InChI is InChI=1S/C9H15N/c1-5-8-6-9(8,4)10-7(2)3/h5,8H,1,6H2,2-4H3. The molecule has 0 spiro atoms. The van der Waals surface area contributed by atoms with Crippen molar-refractivity contribution in [3.63, 3.8) is 0 Å². The molecule has 1 nitrogen and oxygen atoms in total. The van der Waals surface area contributed by atoms with Gasteiger partial charge in [0.25, 0.3) is 0 Å². The fourth-order valence-electron chi connectivity index (χ4n) is 1.36. The zero-order valence-corrected chi connectivity index (χ0v) is 7.02. The first-order valence-corrected chi connectivity index (χ1v) is 3.74. The second-order valence-corrected chi connectivity index (χ2v) is 3.46. The molecule has 0 bridgehead atoms. The van der Waals surface area contributed by atoms with Gasteiger partial charge >= 0.3 is 0 Å². The van der Waals surface area contributed by atoms with Gasteiger partial charge in [0.1, 0.15) is 0 Å².